The van der Waals surface area contributed by atoms with Crippen LogP contribution in [0.1, 0.15) is 41.5 Å². The first-order valence-corrected chi connectivity index (χ1v) is 8.07. The number of aliphatic hydroxyl groups is 1. The predicted octanol–water partition coefficient (Wildman–Crippen LogP) is 3.82. The van der Waals surface area contributed by atoms with E-state index in [-0.39, 0.29) is 12.3 Å². The monoisotopic (exact) mass is 328 g/mol. The maximum absolute atomic E-state index is 10.9. The van der Waals surface area contributed by atoms with Gasteiger partial charge in [-0.3, -0.25) is 0 Å². The minimum atomic E-state index is -1.35. The molecule has 24 heavy (non-hydrogen) atoms. The molecule has 128 valence electrons. The van der Waals surface area contributed by atoms with Crippen molar-refractivity contribution in [3.8, 4) is 5.75 Å². The topological polar surface area (TPSA) is 66.8 Å². The zero-order chi connectivity index (χ0) is 17.7. The lowest BCUT2D eigenvalue weighted by Gasteiger charge is -2.19. The first kappa shape index (κ1) is 18.0. The molecule has 0 aliphatic heterocycles. The van der Waals surface area contributed by atoms with Gasteiger partial charge in [-0.15, -0.1) is 0 Å². The van der Waals surface area contributed by atoms with E-state index in [1.165, 1.54) is 0 Å². The Balaban J connectivity index is 2.13. The van der Waals surface area contributed by atoms with Gasteiger partial charge in [-0.2, -0.15) is 0 Å². The number of benzene rings is 2. The Bertz CT molecular complexity index is 709. The maximum Gasteiger partial charge on any atom is 0.332 e. The van der Waals surface area contributed by atoms with Gasteiger partial charge in [0.05, 0.1) is 0 Å². The average molecular weight is 328 g/mol. The largest absolute Gasteiger partial charge is 0.489 e. The van der Waals surface area contributed by atoms with Gasteiger partial charge in [-0.1, -0.05) is 43.3 Å². The fourth-order valence-electron chi connectivity index (χ4n) is 2.73. The molecule has 2 rings (SSSR count). The standard InChI is InChI=1S/C20H24O4/c1-13-8-9-14(2)19(10-13)24-12-16-6-4-5-7-17(16)15(3)11-18(21)20(22)23/h4-10,15,18,21H,11-12H2,1-3H3,(H,22,23). The average Bonchev–Trinajstić information content (AvgIpc) is 2.55. The molecule has 2 unspecified atom stereocenters. The van der Waals surface area contributed by atoms with Crippen LogP contribution in [0.15, 0.2) is 42.5 Å². The molecule has 4 nitrogen and oxygen atoms in total. The first-order valence-electron chi connectivity index (χ1n) is 8.07. The summed E-state index contributed by atoms with van der Waals surface area (Å²) in [7, 11) is 0. The Morgan fingerprint density at radius 1 is 1.17 bits per heavy atom. The quantitative estimate of drug-likeness (QED) is 0.811. The molecule has 2 atom stereocenters. The van der Waals surface area contributed by atoms with Crippen LogP contribution in [0.25, 0.3) is 0 Å². The number of carbonyl (C=O) groups is 1. The lowest BCUT2D eigenvalue weighted by atomic mass is 9.91. The normalized spacial score (nSPS) is 13.3. The van der Waals surface area contributed by atoms with Crippen LogP contribution in [0.3, 0.4) is 0 Å². The zero-order valence-corrected chi connectivity index (χ0v) is 14.3. The summed E-state index contributed by atoms with van der Waals surface area (Å²) >= 11 is 0. The molecule has 0 radical (unpaired) electrons. The number of aliphatic carboxylic acids is 1. The van der Waals surface area contributed by atoms with Crippen molar-refractivity contribution in [1.82, 2.24) is 0 Å². The highest BCUT2D eigenvalue weighted by Gasteiger charge is 2.20. The van der Waals surface area contributed by atoms with E-state index in [4.69, 9.17) is 9.84 Å². The van der Waals surface area contributed by atoms with Gasteiger partial charge in [0.2, 0.25) is 0 Å². The third kappa shape index (κ3) is 4.59. The van der Waals surface area contributed by atoms with Crippen molar-refractivity contribution in [1.29, 1.82) is 0 Å². The van der Waals surface area contributed by atoms with Crippen molar-refractivity contribution in [2.24, 2.45) is 0 Å². The van der Waals surface area contributed by atoms with Crippen molar-refractivity contribution in [2.45, 2.75) is 45.8 Å². The van der Waals surface area contributed by atoms with E-state index >= 15 is 0 Å². The number of rotatable bonds is 7. The molecular weight excluding hydrogens is 304 g/mol. The van der Waals surface area contributed by atoms with E-state index in [1.54, 1.807) is 0 Å². The van der Waals surface area contributed by atoms with Crippen LogP contribution in [0, 0.1) is 13.8 Å². The van der Waals surface area contributed by atoms with E-state index in [1.807, 2.05) is 63.2 Å². The number of aliphatic hydroxyl groups excluding tert-OH is 1. The lowest BCUT2D eigenvalue weighted by molar-refractivity contribution is -0.147. The summed E-state index contributed by atoms with van der Waals surface area (Å²) in [5.41, 5.74) is 4.22. The van der Waals surface area contributed by atoms with Crippen molar-refractivity contribution < 1.29 is 19.7 Å². The molecule has 0 aliphatic rings. The smallest absolute Gasteiger partial charge is 0.332 e. The minimum Gasteiger partial charge on any atom is -0.489 e. The van der Waals surface area contributed by atoms with Crippen LogP contribution in [0.5, 0.6) is 5.75 Å². The molecule has 0 bridgehead atoms. The number of hydrogen-bond acceptors (Lipinski definition) is 3. The summed E-state index contributed by atoms with van der Waals surface area (Å²) in [6, 6.07) is 13.9. The lowest BCUT2D eigenvalue weighted by Crippen LogP contribution is -2.22. The van der Waals surface area contributed by atoms with Crippen molar-refractivity contribution >= 4 is 5.97 Å². The molecule has 0 spiro atoms. The molecule has 2 aromatic carbocycles. The molecule has 2 aromatic rings. The van der Waals surface area contributed by atoms with Gasteiger partial charge in [0, 0.05) is 0 Å². The molecule has 0 saturated carbocycles. The molecule has 0 fully saturated rings. The summed E-state index contributed by atoms with van der Waals surface area (Å²) in [6.07, 6.45) is -1.18. The summed E-state index contributed by atoms with van der Waals surface area (Å²) in [5, 5.41) is 18.5. The Morgan fingerprint density at radius 2 is 1.88 bits per heavy atom. The van der Waals surface area contributed by atoms with Crippen LogP contribution in [0.2, 0.25) is 0 Å². The third-order valence-electron chi connectivity index (χ3n) is 4.17. The van der Waals surface area contributed by atoms with Crippen LogP contribution in [-0.2, 0) is 11.4 Å². The van der Waals surface area contributed by atoms with Crippen LogP contribution >= 0.6 is 0 Å². The predicted molar refractivity (Wildman–Crippen MR) is 93.4 cm³/mol. The molecule has 4 heteroatoms. The highest BCUT2D eigenvalue weighted by atomic mass is 16.5. The second-order valence-electron chi connectivity index (χ2n) is 6.25. The van der Waals surface area contributed by atoms with Gasteiger partial charge >= 0.3 is 5.97 Å². The van der Waals surface area contributed by atoms with Crippen molar-refractivity contribution in [3.05, 3.63) is 64.7 Å². The molecule has 0 aromatic heterocycles. The second-order valence-corrected chi connectivity index (χ2v) is 6.25. The molecule has 0 saturated heterocycles. The Hall–Kier alpha value is -2.33. The highest BCUT2D eigenvalue weighted by Crippen LogP contribution is 2.26. The fraction of sp³-hybridized carbons (Fsp3) is 0.350. The molecule has 2 N–H and O–H groups in total. The van der Waals surface area contributed by atoms with Gasteiger partial charge in [0.25, 0.3) is 0 Å². The summed E-state index contributed by atoms with van der Waals surface area (Å²) in [4.78, 5) is 10.9. The fourth-order valence-corrected chi connectivity index (χ4v) is 2.73. The van der Waals surface area contributed by atoms with E-state index in [0.717, 1.165) is 28.0 Å². The zero-order valence-electron chi connectivity index (χ0n) is 14.3. The SMILES string of the molecule is Cc1ccc(C)c(OCc2ccccc2C(C)CC(O)C(=O)O)c1. The summed E-state index contributed by atoms with van der Waals surface area (Å²) in [5.74, 6) is -0.413. The first-order chi connectivity index (χ1) is 11.4. The van der Waals surface area contributed by atoms with Gasteiger partial charge in [0.1, 0.15) is 12.4 Å². The molecule has 0 heterocycles. The minimum absolute atomic E-state index is 0.0745. The van der Waals surface area contributed by atoms with Crippen molar-refractivity contribution in [2.75, 3.05) is 0 Å². The van der Waals surface area contributed by atoms with Gasteiger partial charge in [-0.25, -0.2) is 4.79 Å². The van der Waals surface area contributed by atoms with E-state index in [9.17, 15) is 9.90 Å². The van der Waals surface area contributed by atoms with Crippen LogP contribution < -0.4 is 4.74 Å². The van der Waals surface area contributed by atoms with Gasteiger partial charge < -0.3 is 14.9 Å². The number of carboxylic acid groups (broad SMARTS) is 1. The Morgan fingerprint density at radius 3 is 2.58 bits per heavy atom. The second kappa shape index (κ2) is 7.97. The Labute approximate surface area is 142 Å². The number of aryl methyl sites for hydroxylation is 2. The van der Waals surface area contributed by atoms with Crippen LogP contribution in [0.4, 0.5) is 0 Å². The summed E-state index contributed by atoms with van der Waals surface area (Å²) < 4.78 is 5.97. The van der Waals surface area contributed by atoms with E-state index in [0.29, 0.717) is 6.61 Å². The molecule has 0 aliphatic carbocycles. The molecular formula is C20H24O4. The van der Waals surface area contributed by atoms with Crippen molar-refractivity contribution in [3.63, 3.8) is 0 Å². The summed E-state index contributed by atoms with van der Waals surface area (Å²) in [6.45, 7) is 6.36. The van der Waals surface area contributed by atoms with E-state index < -0.39 is 12.1 Å². The maximum atomic E-state index is 10.9. The Kier molecular flexibility index (Phi) is 5.99. The highest BCUT2D eigenvalue weighted by molar-refractivity contribution is 5.72. The van der Waals surface area contributed by atoms with Gasteiger partial charge in [0.15, 0.2) is 6.10 Å². The third-order valence-corrected chi connectivity index (χ3v) is 4.17. The number of ether oxygens (including phenoxy) is 1. The van der Waals surface area contributed by atoms with Crippen LogP contribution in [-0.4, -0.2) is 22.3 Å². The number of hydrogen-bond donors (Lipinski definition) is 2. The number of carboxylic acids is 1. The van der Waals surface area contributed by atoms with Gasteiger partial charge in [-0.05, 0) is 54.5 Å². The molecule has 0 amide bonds. The van der Waals surface area contributed by atoms with E-state index in [2.05, 4.69) is 0 Å².